The number of fused-ring (bicyclic) bond motifs is 2. The van der Waals surface area contributed by atoms with E-state index < -0.39 is 5.20 Å². The third-order valence-electron chi connectivity index (χ3n) is 3.21. The van der Waals surface area contributed by atoms with E-state index in [9.17, 15) is 9.36 Å². The Balaban J connectivity index is 0.000000157. The first-order valence-corrected chi connectivity index (χ1v) is 13.7. The molecule has 0 amide bonds. The van der Waals surface area contributed by atoms with Gasteiger partial charge >= 0.3 is 5.20 Å². The SMILES string of the molecule is Cc1ccc2s[nH]c(=O)c2c1.Cc1ccc2snc(Cl)c2c1.O=P(Cl)(Cl)Cl. The number of aryl methyl sites for hydroxylation is 2. The monoisotopic (exact) mass is 500 g/mol. The molecule has 0 saturated heterocycles. The Morgan fingerprint density at radius 1 is 0.963 bits per heavy atom. The Morgan fingerprint density at radius 2 is 1.48 bits per heavy atom. The highest BCUT2D eigenvalue weighted by Gasteiger charge is 2.03. The summed E-state index contributed by atoms with van der Waals surface area (Å²) in [5.41, 5.74) is 2.37. The topological polar surface area (TPSA) is 62.8 Å². The summed E-state index contributed by atoms with van der Waals surface area (Å²) in [6.07, 6.45) is 0. The van der Waals surface area contributed by atoms with Gasteiger partial charge in [-0.3, -0.25) is 13.7 Å². The van der Waals surface area contributed by atoms with Crippen LogP contribution in [0.1, 0.15) is 11.1 Å². The molecule has 0 spiro atoms. The van der Waals surface area contributed by atoms with Gasteiger partial charge in [-0.05, 0) is 83.4 Å². The van der Waals surface area contributed by atoms with Crippen molar-refractivity contribution in [3.63, 3.8) is 0 Å². The van der Waals surface area contributed by atoms with Crippen molar-refractivity contribution in [3.8, 4) is 0 Å². The number of aromatic amines is 1. The van der Waals surface area contributed by atoms with Crippen LogP contribution in [0.25, 0.3) is 20.2 Å². The van der Waals surface area contributed by atoms with Gasteiger partial charge in [0, 0.05) is 5.39 Å². The quantitative estimate of drug-likeness (QED) is 0.248. The molecule has 0 aliphatic carbocycles. The number of nitrogens with one attached hydrogen (secondary N) is 1. The van der Waals surface area contributed by atoms with E-state index in [1.807, 2.05) is 38.1 Å². The van der Waals surface area contributed by atoms with Gasteiger partial charge in [0.2, 0.25) is 0 Å². The molecule has 4 aromatic rings. The molecular formula is C16H13Cl4N2O2PS2. The van der Waals surface area contributed by atoms with Crippen LogP contribution in [0.2, 0.25) is 5.15 Å². The summed E-state index contributed by atoms with van der Waals surface area (Å²) in [4.78, 5) is 11.1. The summed E-state index contributed by atoms with van der Waals surface area (Å²) in [6, 6.07) is 12.1. The van der Waals surface area contributed by atoms with E-state index in [-0.39, 0.29) is 5.56 Å². The first-order valence-electron chi connectivity index (χ1n) is 7.33. The third kappa shape index (κ3) is 7.39. The molecule has 0 radical (unpaired) electrons. The third-order valence-corrected chi connectivity index (χ3v) is 5.29. The number of aromatic nitrogens is 2. The molecule has 2 heterocycles. The molecule has 4 nitrogen and oxygen atoms in total. The van der Waals surface area contributed by atoms with Gasteiger partial charge in [0.25, 0.3) is 5.56 Å². The van der Waals surface area contributed by atoms with Gasteiger partial charge in [-0.2, -0.15) is 4.37 Å². The van der Waals surface area contributed by atoms with Gasteiger partial charge in [-0.15, -0.1) is 0 Å². The predicted octanol–water partition coefficient (Wildman–Crippen LogP) is 7.97. The number of hydrogen-bond acceptors (Lipinski definition) is 5. The molecule has 0 bridgehead atoms. The number of H-pyrrole nitrogens is 1. The molecule has 4 rings (SSSR count). The highest BCUT2D eigenvalue weighted by molar-refractivity contribution is 8.24. The summed E-state index contributed by atoms with van der Waals surface area (Å²) in [7, 11) is 0. The van der Waals surface area contributed by atoms with Crippen molar-refractivity contribution in [2.45, 2.75) is 13.8 Å². The van der Waals surface area contributed by atoms with Crippen LogP contribution in [0.5, 0.6) is 0 Å². The lowest BCUT2D eigenvalue weighted by Crippen LogP contribution is -1.95. The van der Waals surface area contributed by atoms with Crippen molar-refractivity contribution < 1.29 is 4.57 Å². The first-order chi connectivity index (χ1) is 12.5. The molecular weight excluding hydrogens is 489 g/mol. The van der Waals surface area contributed by atoms with E-state index in [1.165, 1.54) is 28.6 Å². The molecule has 0 saturated carbocycles. The molecule has 1 N–H and O–H groups in total. The van der Waals surface area contributed by atoms with E-state index in [0.717, 1.165) is 25.7 Å². The van der Waals surface area contributed by atoms with Crippen LogP contribution in [-0.2, 0) is 4.57 Å². The fourth-order valence-electron chi connectivity index (χ4n) is 2.09. The maximum atomic E-state index is 11.1. The molecule has 11 heteroatoms. The van der Waals surface area contributed by atoms with Gasteiger partial charge < -0.3 is 0 Å². The zero-order chi connectivity index (χ0) is 20.2. The molecule has 0 aliphatic heterocycles. The molecule has 144 valence electrons. The Bertz CT molecular complexity index is 1160. The van der Waals surface area contributed by atoms with Crippen molar-refractivity contribution >= 4 is 93.8 Å². The average molecular weight is 502 g/mol. The Hall–Kier alpha value is -0.590. The molecule has 0 aliphatic rings. The highest BCUT2D eigenvalue weighted by Crippen LogP contribution is 2.61. The van der Waals surface area contributed by atoms with E-state index in [4.69, 9.17) is 11.6 Å². The van der Waals surface area contributed by atoms with Crippen molar-refractivity contribution in [1.29, 1.82) is 0 Å². The predicted molar refractivity (Wildman–Crippen MR) is 122 cm³/mol. The zero-order valence-corrected chi connectivity index (χ0v) is 19.6. The molecule has 0 fully saturated rings. The number of nitrogens with zero attached hydrogens (tertiary/aromatic N) is 1. The Labute approximate surface area is 183 Å². The lowest BCUT2D eigenvalue weighted by Gasteiger charge is -1.90. The van der Waals surface area contributed by atoms with Crippen LogP contribution in [-0.4, -0.2) is 8.75 Å². The van der Waals surface area contributed by atoms with Crippen LogP contribution >= 0.6 is 73.6 Å². The van der Waals surface area contributed by atoms with E-state index in [2.05, 4.69) is 54.6 Å². The summed E-state index contributed by atoms with van der Waals surface area (Å²) in [5.74, 6) is 0. The smallest absolute Gasteiger partial charge is 0.277 e. The fourth-order valence-corrected chi connectivity index (χ4v) is 3.78. The molecule has 0 atom stereocenters. The van der Waals surface area contributed by atoms with Gasteiger partial charge in [0.15, 0.2) is 5.15 Å². The maximum Gasteiger partial charge on any atom is 0.339 e. The summed E-state index contributed by atoms with van der Waals surface area (Å²) in [6.45, 7) is 4.03. The van der Waals surface area contributed by atoms with Gasteiger partial charge in [0.1, 0.15) is 0 Å². The molecule has 27 heavy (non-hydrogen) atoms. The van der Waals surface area contributed by atoms with Gasteiger partial charge in [0.05, 0.1) is 14.8 Å². The average Bonchev–Trinajstić information content (AvgIpc) is 3.10. The van der Waals surface area contributed by atoms with E-state index >= 15 is 0 Å². The van der Waals surface area contributed by atoms with Crippen LogP contribution in [0.3, 0.4) is 0 Å². The number of hydrogen-bond donors (Lipinski definition) is 1. The lowest BCUT2D eigenvalue weighted by atomic mass is 10.2. The normalized spacial score (nSPS) is 10.9. The number of halogens is 4. The zero-order valence-electron chi connectivity index (χ0n) is 14.0. The standard InChI is InChI=1S/C8H6ClNS.C8H7NOS.Cl3OP/c1-5-2-3-7-6(4-5)8(9)10-11-7;1-5-2-3-7-6(4-5)8(10)9-11-7;1-5(2,3)4/h2-4H,1H3;2-4H,1H3,(H,9,10);. The minimum Gasteiger partial charge on any atom is -0.277 e. The largest absolute Gasteiger partial charge is 0.339 e. The maximum absolute atomic E-state index is 11.1. The Kier molecular flexibility index (Phi) is 8.19. The minimum atomic E-state index is -3.22. The van der Waals surface area contributed by atoms with Crippen LogP contribution < -0.4 is 5.56 Å². The first kappa shape index (κ1) is 22.7. The Morgan fingerprint density at radius 3 is 2.07 bits per heavy atom. The number of benzene rings is 2. The van der Waals surface area contributed by atoms with Crippen molar-refractivity contribution in [3.05, 3.63) is 63.0 Å². The second-order valence-corrected chi connectivity index (χ2v) is 14.1. The highest BCUT2D eigenvalue weighted by atomic mass is 36.0. The minimum absolute atomic E-state index is 0.0219. The van der Waals surface area contributed by atoms with E-state index in [0.29, 0.717) is 5.15 Å². The number of rotatable bonds is 0. The van der Waals surface area contributed by atoms with Crippen LogP contribution in [0.15, 0.2) is 41.2 Å². The second-order valence-electron chi connectivity index (χ2n) is 5.40. The van der Waals surface area contributed by atoms with Gasteiger partial charge in [-0.25, -0.2) is 0 Å². The van der Waals surface area contributed by atoms with Crippen LogP contribution in [0, 0.1) is 13.8 Å². The molecule has 2 aromatic carbocycles. The fraction of sp³-hybridized carbons (Fsp3) is 0.125. The molecule has 2 aromatic heterocycles. The summed E-state index contributed by atoms with van der Waals surface area (Å²) in [5, 5.41) is -0.736. The van der Waals surface area contributed by atoms with Gasteiger partial charge in [-0.1, -0.05) is 46.4 Å². The van der Waals surface area contributed by atoms with Crippen molar-refractivity contribution in [2.24, 2.45) is 0 Å². The van der Waals surface area contributed by atoms with Crippen molar-refractivity contribution in [1.82, 2.24) is 8.75 Å². The van der Waals surface area contributed by atoms with Crippen LogP contribution in [0.4, 0.5) is 0 Å². The summed E-state index contributed by atoms with van der Waals surface area (Å²) >= 11 is 22.5. The second kappa shape index (κ2) is 9.75. The van der Waals surface area contributed by atoms with Crippen molar-refractivity contribution in [2.75, 3.05) is 0 Å². The lowest BCUT2D eigenvalue weighted by molar-refractivity contribution is 0.600. The van der Waals surface area contributed by atoms with E-state index in [1.54, 1.807) is 0 Å². The summed E-state index contributed by atoms with van der Waals surface area (Å²) < 4.78 is 18.4. The molecule has 0 unspecified atom stereocenters.